The van der Waals surface area contributed by atoms with Crippen molar-refractivity contribution in [2.75, 3.05) is 5.73 Å². The van der Waals surface area contributed by atoms with E-state index in [1.807, 2.05) is 31.3 Å². The van der Waals surface area contributed by atoms with Crippen molar-refractivity contribution in [3.8, 4) is 11.3 Å². The minimum absolute atomic E-state index is 0.456. The van der Waals surface area contributed by atoms with Gasteiger partial charge in [-0.15, -0.1) is 0 Å². The molecule has 1 aromatic carbocycles. The monoisotopic (exact) mass is 212 g/mol. The van der Waals surface area contributed by atoms with Crippen LogP contribution in [0, 0.1) is 6.92 Å². The second kappa shape index (κ2) is 3.13. The van der Waals surface area contributed by atoms with Gasteiger partial charge in [0.2, 0.25) is 0 Å². The molecule has 0 bridgehead atoms. The highest BCUT2D eigenvalue weighted by atomic mass is 15.0. The Hall–Kier alpha value is -2.23. The Labute approximate surface area is 92.5 Å². The highest BCUT2D eigenvalue weighted by molar-refractivity contribution is 5.95. The average molecular weight is 212 g/mol. The number of para-hydroxylation sites is 1. The molecule has 0 radical (unpaired) electrons. The van der Waals surface area contributed by atoms with Crippen LogP contribution in [0.3, 0.4) is 0 Å². The number of fused-ring (bicyclic) bond motifs is 1. The number of hydrogen-bond acceptors (Lipinski definition) is 2. The number of H-pyrrole nitrogens is 2. The number of anilines is 1. The van der Waals surface area contributed by atoms with Gasteiger partial charge < -0.3 is 15.7 Å². The van der Waals surface area contributed by atoms with Crippen LogP contribution in [0.25, 0.3) is 22.2 Å². The summed E-state index contributed by atoms with van der Waals surface area (Å²) in [6, 6.07) is 8.15. The number of nitrogens with two attached hydrogens (primary N) is 1. The van der Waals surface area contributed by atoms with Crippen molar-refractivity contribution in [1.29, 1.82) is 0 Å². The third kappa shape index (κ3) is 1.20. The van der Waals surface area contributed by atoms with Crippen LogP contribution in [0.5, 0.6) is 0 Å². The Morgan fingerprint density at radius 3 is 2.81 bits per heavy atom. The first-order valence-corrected chi connectivity index (χ1v) is 5.14. The number of imidazole rings is 1. The van der Waals surface area contributed by atoms with Crippen LogP contribution < -0.4 is 5.73 Å². The molecule has 2 heterocycles. The molecule has 0 amide bonds. The predicted molar refractivity (Wildman–Crippen MR) is 65.0 cm³/mol. The highest BCUT2D eigenvalue weighted by Crippen LogP contribution is 2.29. The lowest BCUT2D eigenvalue weighted by atomic mass is 10.1. The van der Waals surface area contributed by atoms with E-state index in [-0.39, 0.29) is 0 Å². The van der Waals surface area contributed by atoms with E-state index in [0.29, 0.717) is 5.95 Å². The van der Waals surface area contributed by atoms with E-state index in [1.165, 1.54) is 0 Å². The van der Waals surface area contributed by atoms with Crippen molar-refractivity contribution in [2.24, 2.45) is 0 Å². The van der Waals surface area contributed by atoms with E-state index in [0.717, 1.165) is 27.9 Å². The van der Waals surface area contributed by atoms with E-state index in [9.17, 15) is 0 Å². The molecule has 4 nitrogen and oxygen atoms in total. The van der Waals surface area contributed by atoms with Gasteiger partial charge in [-0.25, -0.2) is 4.98 Å². The normalized spacial score (nSPS) is 11.1. The Bertz CT molecular complexity index is 648. The van der Waals surface area contributed by atoms with Crippen LogP contribution in [0.1, 0.15) is 5.69 Å². The smallest absolute Gasteiger partial charge is 0.198 e. The minimum atomic E-state index is 0.456. The second-order valence-electron chi connectivity index (χ2n) is 3.84. The molecule has 0 atom stereocenters. The van der Waals surface area contributed by atoms with Crippen molar-refractivity contribution in [1.82, 2.24) is 15.0 Å². The first kappa shape index (κ1) is 9.03. The molecule has 0 aliphatic heterocycles. The maximum atomic E-state index is 5.65. The summed E-state index contributed by atoms with van der Waals surface area (Å²) in [7, 11) is 0. The summed E-state index contributed by atoms with van der Waals surface area (Å²) in [6.45, 7) is 1.97. The number of aromatic amines is 2. The third-order valence-corrected chi connectivity index (χ3v) is 2.75. The van der Waals surface area contributed by atoms with Crippen molar-refractivity contribution in [2.45, 2.75) is 6.92 Å². The van der Waals surface area contributed by atoms with Crippen molar-refractivity contribution >= 4 is 16.9 Å². The SMILES string of the molecule is Cc1[nH]c(N)nc1-c1c[nH]c2ccccc12. The van der Waals surface area contributed by atoms with Crippen LogP contribution in [-0.2, 0) is 0 Å². The molecular formula is C12H12N4. The van der Waals surface area contributed by atoms with Crippen molar-refractivity contribution in [3.63, 3.8) is 0 Å². The second-order valence-corrected chi connectivity index (χ2v) is 3.84. The molecule has 0 fully saturated rings. The molecule has 0 aliphatic rings. The molecule has 3 rings (SSSR count). The fourth-order valence-electron chi connectivity index (χ4n) is 2.01. The summed E-state index contributed by atoms with van der Waals surface area (Å²) in [5.74, 6) is 0.456. The molecule has 0 saturated carbocycles. The molecule has 80 valence electrons. The molecule has 3 aromatic rings. The summed E-state index contributed by atoms with van der Waals surface area (Å²) in [5, 5.41) is 1.16. The lowest BCUT2D eigenvalue weighted by Crippen LogP contribution is -1.85. The zero-order valence-electron chi connectivity index (χ0n) is 8.91. The predicted octanol–water partition coefficient (Wildman–Crippen LogP) is 2.45. The number of nitrogens with one attached hydrogen (secondary N) is 2. The fourth-order valence-corrected chi connectivity index (χ4v) is 2.01. The van der Waals surface area contributed by atoms with Crippen molar-refractivity contribution < 1.29 is 0 Å². The highest BCUT2D eigenvalue weighted by Gasteiger charge is 2.11. The first-order valence-electron chi connectivity index (χ1n) is 5.14. The number of aromatic nitrogens is 3. The molecule has 4 heteroatoms. The first-order chi connectivity index (χ1) is 7.75. The van der Waals surface area contributed by atoms with Crippen molar-refractivity contribution in [3.05, 3.63) is 36.2 Å². The lowest BCUT2D eigenvalue weighted by molar-refractivity contribution is 1.26. The summed E-state index contributed by atoms with van der Waals surface area (Å²) in [4.78, 5) is 10.5. The van der Waals surface area contributed by atoms with Crippen LogP contribution in [0.15, 0.2) is 30.5 Å². The zero-order chi connectivity index (χ0) is 11.1. The Balaban J connectivity index is 2.30. The van der Waals surface area contributed by atoms with E-state index in [4.69, 9.17) is 5.73 Å². The summed E-state index contributed by atoms with van der Waals surface area (Å²) >= 11 is 0. The van der Waals surface area contributed by atoms with Gasteiger partial charge in [-0.1, -0.05) is 18.2 Å². The number of nitrogens with zero attached hydrogens (tertiary/aromatic N) is 1. The largest absolute Gasteiger partial charge is 0.369 e. The number of hydrogen-bond donors (Lipinski definition) is 3. The van der Waals surface area contributed by atoms with E-state index >= 15 is 0 Å². The van der Waals surface area contributed by atoms with Gasteiger partial charge in [0, 0.05) is 28.4 Å². The van der Waals surface area contributed by atoms with Gasteiger partial charge in [-0.05, 0) is 13.0 Å². The molecular weight excluding hydrogens is 200 g/mol. The third-order valence-electron chi connectivity index (χ3n) is 2.75. The van der Waals surface area contributed by atoms with Crippen LogP contribution in [0.4, 0.5) is 5.95 Å². The zero-order valence-corrected chi connectivity index (χ0v) is 8.91. The maximum Gasteiger partial charge on any atom is 0.198 e. The number of benzene rings is 1. The Kier molecular flexibility index (Phi) is 1.77. The molecule has 0 saturated heterocycles. The average Bonchev–Trinajstić information content (AvgIpc) is 2.81. The summed E-state index contributed by atoms with van der Waals surface area (Å²) in [5.41, 5.74) is 9.75. The van der Waals surface area contributed by atoms with Crippen LogP contribution in [-0.4, -0.2) is 15.0 Å². The van der Waals surface area contributed by atoms with Gasteiger partial charge >= 0.3 is 0 Å². The lowest BCUT2D eigenvalue weighted by Gasteiger charge is -1.95. The molecule has 0 unspecified atom stereocenters. The standard InChI is InChI=1S/C12H12N4/c1-7-11(16-12(13)15-7)9-6-14-10-5-3-2-4-8(9)10/h2-6,14H,1H3,(H3,13,15,16). The Morgan fingerprint density at radius 2 is 2.06 bits per heavy atom. The van der Waals surface area contributed by atoms with Crippen LogP contribution >= 0.6 is 0 Å². The van der Waals surface area contributed by atoms with E-state index in [1.54, 1.807) is 0 Å². The van der Waals surface area contributed by atoms with Gasteiger partial charge in [-0.3, -0.25) is 0 Å². The van der Waals surface area contributed by atoms with E-state index < -0.39 is 0 Å². The Morgan fingerprint density at radius 1 is 1.25 bits per heavy atom. The molecule has 2 aromatic heterocycles. The van der Waals surface area contributed by atoms with Gasteiger partial charge in [0.15, 0.2) is 5.95 Å². The minimum Gasteiger partial charge on any atom is -0.369 e. The van der Waals surface area contributed by atoms with Gasteiger partial charge in [0.05, 0.1) is 5.69 Å². The number of aryl methyl sites for hydroxylation is 1. The van der Waals surface area contributed by atoms with Crippen LogP contribution in [0.2, 0.25) is 0 Å². The quantitative estimate of drug-likeness (QED) is 0.579. The fraction of sp³-hybridized carbons (Fsp3) is 0.0833. The topological polar surface area (TPSA) is 70.5 Å². The molecule has 4 N–H and O–H groups in total. The summed E-state index contributed by atoms with van der Waals surface area (Å²) in [6.07, 6.45) is 1.97. The van der Waals surface area contributed by atoms with E-state index in [2.05, 4.69) is 21.0 Å². The van der Waals surface area contributed by atoms with Gasteiger partial charge in [0.25, 0.3) is 0 Å². The molecule has 16 heavy (non-hydrogen) atoms. The van der Waals surface area contributed by atoms with Gasteiger partial charge in [0.1, 0.15) is 0 Å². The number of nitrogen functional groups attached to an aromatic ring is 1. The maximum absolute atomic E-state index is 5.65. The number of rotatable bonds is 1. The summed E-state index contributed by atoms with van der Waals surface area (Å²) < 4.78 is 0. The van der Waals surface area contributed by atoms with Gasteiger partial charge in [-0.2, -0.15) is 0 Å². The molecule has 0 spiro atoms. The molecule has 0 aliphatic carbocycles.